The van der Waals surface area contributed by atoms with Crippen molar-refractivity contribution in [3.8, 4) is 0 Å². The molecule has 38 valence electrons. The molecule has 8 heavy (non-hydrogen) atoms. The third-order valence-electron chi connectivity index (χ3n) is 0.839. The Labute approximate surface area is 44.6 Å². The minimum atomic E-state index is 0.519. The van der Waals surface area contributed by atoms with Crippen molar-refractivity contribution >= 4 is 18.0 Å². The number of rotatable bonds is 0. The monoisotopic (exact) mass is 107 g/mol. The van der Waals surface area contributed by atoms with Crippen molar-refractivity contribution in [2.24, 2.45) is 25.4 Å². The molecular formula is C3HN5. The van der Waals surface area contributed by atoms with E-state index in [0.717, 1.165) is 0 Å². The van der Waals surface area contributed by atoms with Gasteiger partial charge >= 0.3 is 0 Å². The van der Waals surface area contributed by atoms with Crippen LogP contribution in [-0.4, -0.2) is 18.0 Å². The fourth-order valence-electron chi connectivity index (χ4n) is 0.502. The van der Waals surface area contributed by atoms with E-state index in [2.05, 4.69) is 25.4 Å². The van der Waals surface area contributed by atoms with Crippen LogP contribution in [-0.2, 0) is 0 Å². The number of nitrogens with zero attached hydrogens (tertiary/aromatic N) is 5. The zero-order chi connectivity index (χ0) is 5.40. The highest BCUT2D eigenvalue weighted by molar-refractivity contribution is 6.46. The standard InChI is InChI=1S/C3HN5/c1-4-2-3(5-1)7-8-6-2/h1H. The highest BCUT2D eigenvalue weighted by Crippen LogP contribution is 2.03. The van der Waals surface area contributed by atoms with Crippen LogP contribution in [0.5, 0.6) is 0 Å². The van der Waals surface area contributed by atoms with Gasteiger partial charge in [-0.2, -0.15) is 0 Å². The van der Waals surface area contributed by atoms with Crippen molar-refractivity contribution in [2.45, 2.75) is 0 Å². The molecule has 0 spiro atoms. The Balaban J connectivity index is 2.59. The molecule has 5 nitrogen and oxygen atoms in total. The van der Waals surface area contributed by atoms with Crippen molar-refractivity contribution in [3.63, 3.8) is 0 Å². The van der Waals surface area contributed by atoms with Crippen LogP contribution in [0.4, 0.5) is 0 Å². The Bertz CT molecular complexity index is 206. The molecule has 0 aromatic rings. The molecule has 0 aromatic heterocycles. The van der Waals surface area contributed by atoms with Gasteiger partial charge in [0.2, 0.25) is 11.7 Å². The average molecular weight is 107 g/mol. The van der Waals surface area contributed by atoms with Crippen molar-refractivity contribution in [1.29, 1.82) is 0 Å². The van der Waals surface area contributed by atoms with E-state index in [1.165, 1.54) is 6.34 Å². The van der Waals surface area contributed by atoms with Gasteiger partial charge in [-0.3, -0.25) is 0 Å². The van der Waals surface area contributed by atoms with Crippen LogP contribution in [0.15, 0.2) is 25.4 Å². The van der Waals surface area contributed by atoms with Crippen LogP contribution in [0.3, 0.4) is 0 Å². The maximum Gasteiger partial charge on any atom is 0.224 e. The number of hydrogen-bond acceptors (Lipinski definition) is 5. The van der Waals surface area contributed by atoms with E-state index in [4.69, 9.17) is 0 Å². The number of aliphatic imine (C=N–C) groups is 2. The molecule has 0 atom stereocenters. The fraction of sp³-hybridized carbons (Fsp3) is 0. The Morgan fingerprint density at radius 3 is 3.12 bits per heavy atom. The lowest BCUT2D eigenvalue weighted by molar-refractivity contribution is 1.12. The molecule has 0 radical (unpaired) electrons. The Morgan fingerprint density at radius 2 is 2.25 bits per heavy atom. The maximum absolute atomic E-state index is 3.73. The molecular weight excluding hydrogens is 106 g/mol. The van der Waals surface area contributed by atoms with E-state index in [1.54, 1.807) is 0 Å². The van der Waals surface area contributed by atoms with E-state index < -0.39 is 0 Å². The van der Waals surface area contributed by atoms with Gasteiger partial charge in [-0.15, -0.1) is 10.2 Å². The first-order valence-corrected chi connectivity index (χ1v) is 2.06. The van der Waals surface area contributed by atoms with Crippen LogP contribution < -0.4 is 0 Å². The minimum Gasteiger partial charge on any atom is -0.212 e. The molecule has 2 heterocycles. The van der Waals surface area contributed by atoms with E-state index in [0.29, 0.717) is 11.7 Å². The summed E-state index contributed by atoms with van der Waals surface area (Å²) < 4.78 is 0. The lowest BCUT2D eigenvalue weighted by Gasteiger charge is -1.73. The first kappa shape index (κ1) is 3.59. The largest absolute Gasteiger partial charge is 0.224 e. The fourth-order valence-corrected chi connectivity index (χ4v) is 0.502. The van der Waals surface area contributed by atoms with Gasteiger partial charge in [-0.25, -0.2) is 9.98 Å². The van der Waals surface area contributed by atoms with E-state index >= 15 is 0 Å². The zero-order valence-corrected chi connectivity index (χ0v) is 3.81. The maximum atomic E-state index is 3.73. The van der Waals surface area contributed by atoms with Crippen LogP contribution in [0.2, 0.25) is 0 Å². The second-order valence-corrected chi connectivity index (χ2v) is 1.31. The van der Waals surface area contributed by atoms with Gasteiger partial charge in [-0.1, -0.05) is 0 Å². The van der Waals surface area contributed by atoms with Crippen LogP contribution in [0, 0.1) is 0 Å². The normalized spacial score (nSPS) is 21.0. The quantitative estimate of drug-likeness (QED) is 0.424. The zero-order valence-electron chi connectivity index (χ0n) is 3.81. The number of amidine groups is 2. The van der Waals surface area contributed by atoms with E-state index in [9.17, 15) is 0 Å². The van der Waals surface area contributed by atoms with Crippen LogP contribution in [0.1, 0.15) is 0 Å². The lowest BCUT2D eigenvalue weighted by atomic mass is 10.6. The molecule has 2 aliphatic heterocycles. The highest BCUT2D eigenvalue weighted by Gasteiger charge is 2.14. The molecule has 0 aromatic carbocycles. The second-order valence-electron chi connectivity index (χ2n) is 1.31. The average Bonchev–Trinajstić information content (AvgIpc) is 2.15. The minimum absolute atomic E-state index is 0.519. The topological polar surface area (TPSA) is 61.8 Å². The van der Waals surface area contributed by atoms with Crippen molar-refractivity contribution in [3.05, 3.63) is 0 Å². The summed E-state index contributed by atoms with van der Waals surface area (Å²) in [5.41, 5.74) is 0. The summed E-state index contributed by atoms with van der Waals surface area (Å²) in [6.45, 7) is 0. The summed E-state index contributed by atoms with van der Waals surface area (Å²) in [5.74, 6) is 1.04. The molecule has 0 unspecified atom stereocenters. The molecule has 0 saturated carbocycles. The number of hydrogen-bond donors (Lipinski definition) is 0. The third-order valence-corrected chi connectivity index (χ3v) is 0.839. The molecule has 5 heteroatoms. The van der Waals surface area contributed by atoms with E-state index in [1.807, 2.05) is 0 Å². The number of fused-ring (bicyclic) bond motifs is 1. The summed E-state index contributed by atoms with van der Waals surface area (Å²) in [5, 5.41) is 10.4. The summed E-state index contributed by atoms with van der Waals surface area (Å²) in [6.07, 6.45) is 1.41. The Kier molecular flexibility index (Phi) is 0.476. The predicted octanol–water partition coefficient (Wildman–Crippen LogP) is 0.206. The van der Waals surface area contributed by atoms with Gasteiger partial charge in [-0.05, 0) is 5.22 Å². The van der Waals surface area contributed by atoms with Crippen molar-refractivity contribution in [2.75, 3.05) is 0 Å². The summed E-state index contributed by atoms with van der Waals surface area (Å²) in [4.78, 5) is 7.46. The van der Waals surface area contributed by atoms with Crippen LogP contribution in [0.25, 0.3) is 0 Å². The summed E-state index contributed by atoms with van der Waals surface area (Å²) >= 11 is 0. The summed E-state index contributed by atoms with van der Waals surface area (Å²) in [7, 11) is 0. The van der Waals surface area contributed by atoms with Crippen molar-refractivity contribution in [1.82, 2.24) is 0 Å². The molecule has 0 aliphatic carbocycles. The van der Waals surface area contributed by atoms with Crippen LogP contribution >= 0.6 is 0 Å². The first-order chi connectivity index (χ1) is 3.97. The van der Waals surface area contributed by atoms with Gasteiger partial charge < -0.3 is 0 Å². The van der Waals surface area contributed by atoms with Gasteiger partial charge in [0, 0.05) is 0 Å². The first-order valence-electron chi connectivity index (χ1n) is 2.06. The third kappa shape index (κ3) is 0.281. The van der Waals surface area contributed by atoms with E-state index in [-0.39, 0.29) is 0 Å². The Morgan fingerprint density at radius 1 is 1.25 bits per heavy atom. The predicted molar refractivity (Wildman–Crippen MR) is 28.2 cm³/mol. The highest BCUT2D eigenvalue weighted by atomic mass is 15.5. The molecule has 0 fully saturated rings. The SMILES string of the molecule is C1=NC2=NN=NC2=N1. The van der Waals surface area contributed by atoms with Gasteiger partial charge in [0.05, 0.1) is 0 Å². The molecule has 0 N–H and O–H groups in total. The molecule has 0 amide bonds. The lowest BCUT2D eigenvalue weighted by Crippen LogP contribution is -1.97. The van der Waals surface area contributed by atoms with Gasteiger partial charge in [0.15, 0.2) is 0 Å². The molecule has 0 bridgehead atoms. The Hall–Kier alpha value is -1.39. The van der Waals surface area contributed by atoms with Gasteiger partial charge in [0.1, 0.15) is 6.34 Å². The van der Waals surface area contributed by atoms with Crippen molar-refractivity contribution < 1.29 is 0 Å². The van der Waals surface area contributed by atoms with Gasteiger partial charge in [0.25, 0.3) is 0 Å². The summed E-state index contributed by atoms with van der Waals surface area (Å²) in [6, 6.07) is 0. The second kappa shape index (κ2) is 1.06. The molecule has 0 saturated heterocycles. The molecule has 2 aliphatic rings. The molecule has 2 rings (SSSR count). The smallest absolute Gasteiger partial charge is 0.212 e.